The van der Waals surface area contributed by atoms with Crippen LogP contribution >= 0.6 is 0 Å². The van der Waals surface area contributed by atoms with Crippen LogP contribution in [0.15, 0.2) is 30.3 Å². The Morgan fingerprint density at radius 2 is 2.08 bits per heavy atom. The monoisotopic (exact) mass is 330 g/mol. The second kappa shape index (κ2) is 6.79. The molecule has 1 fully saturated rings. The number of aliphatic carboxylic acids is 1. The van der Waals surface area contributed by atoms with Gasteiger partial charge in [-0.15, -0.1) is 5.10 Å². The molecule has 0 saturated carbocycles. The number of morpholine rings is 1. The lowest BCUT2D eigenvalue weighted by Crippen LogP contribution is -2.49. The highest BCUT2D eigenvalue weighted by molar-refractivity contribution is 5.80. The highest BCUT2D eigenvalue weighted by Crippen LogP contribution is 2.14. The average molecular weight is 330 g/mol. The van der Waals surface area contributed by atoms with Gasteiger partial charge in [0, 0.05) is 6.54 Å². The van der Waals surface area contributed by atoms with E-state index in [1.807, 2.05) is 37.3 Å². The molecule has 1 amide bonds. The molecule has 1 aromatic carbocycles. The Hall–Kier alpha value is -2.74. The van der Waals surface area contributed by atoms with Crippen molar-refractivity contribution in [1.29, 1.82) is 0 Å². The molecule has 24 heavy (non-hydrogen) atoms. The van der Waals surface area contributed by atoms with Crippen molar-refractivity contribution in [3.63, 3.8) is 0 Å². The highest BCUT2D eigenvalue weighted by Gasteiger charge is 2.29. The molecule has 0 unspecified atom stereocenters. The molecule has 8 nitrogen and oxygen atoms in total. The molecular formula is C16H18N4O4. The molecule has 1 saturated heterocycles. The molecule has 0 bridgehead atoms. The Morgan fingerprint density at radius 1 is 1.33 bits per heavy atom. The molecular weight excluding hydrogens is 312 g/mol. The first-order valence-corrected chi connectivity index (χ1v) is 7.65. The fourth-order valence-electron chi connectivity index (χ4n) is 2.62. The van der Waals surface area contributed by atoms with Gasteiger partial charge in [0.25, 0.3) is 0 Å². The van der Waals surface area contributed by atoms with Crippen LogP contribution in [0.2, 0.25) is 0 Å². The lowest BCUT2D eigenvalue weighted by molar-refractivity contribution is -0.159. The van der Waals surface area contributed by atoms with Gasteiger partial charge in [0.1, 0.15) is 0 Å². The van der Waals surface area contributed by atoms with Crippen molar-refractivity contribution in [3.8, 4) is 5.69 Å². The van der Waals surface area contributed by atoms with Gasteiger partial charge >= 0.3 is 5.97 Å². The van der Waals surface area contributed by atoms with Crippen molar-refractivity contribution in [3.05, 3.63) is 41.7 Å². The maximum atomic E-state index is 12.4. The summed E-state index contributed by atoms with van der Waals surface area (Å²) in [4.78, 5) is 24.9. The second-order valence-electron chi connectivity index (χ2n) is 5.58. The van der Waals surface area contributed by atoms with Gasteiger partial charge in [0.2, 0.25) is 5.91 Å². The summed E-state index contributed by atoms with van der Waals surface area (Å²) < 4.78 is 6.81. The molecule has 0 radical (unpaired) electrons. The summed E-state index contributed by atoms with van der Waals surface area (Å²) in [5.41, 5.74) is 2.25. The van der Waals surface area contributed by atoms with Crippen molar-refractivity contribution in [2.45, 2.75) is 19.4 Å². The Labute approximate surface area is 138 Å². The molecule has 1 atom stereocenters. The van der Waals surface area contributed by atoms with Gasteiger partial charge in [0.05, 0.1) is 36.6 Å². The zero-order valence-electron chi connectivity index (χ0n) is 13.3. The third-order valence-electron chi connectivity index (χ3n) is 4.00. The number of carboxylic acid groups (broad SMARTS) is 1. The first-order valence-electron chi connectivity index (χ1n) is 7.65. The van der Waals surface area contributed by atoms with Crippen molar-refractivity contribution < 1.29 is 19.4 Å². The summed E-state index contributed by atoms with van der Waals surface area (Å²) in [6.45, 7) is 2.52. The van der Waals surface area contributed by atoms with E-state index in [0.29, 0.717) is 12.2 Å². The minimum absolute atomic E-state index is 0.0556. The molecule has 1 aliphatic heterocycles. The summed E-state index contributed by atoms with van der Waals surface area (Å²) >= 11 is 0. The molecule has 8 heteroatoms. The quantitative estimate of drug-likeness (QED) is 0.873. The number of hydrogen-bond donors (Lipinski definition) is 1. The Morgan fingerprint density at radius 3 is 2.79 bits per heavy atom. The molecule has 1 aromatic heterocycles. The molecule has 1 N–H and O–H groups in total. The fraction of sp³-hybridized carbons (Fsp3) is 0.375. The molecule has 2 aromatic rings. The normalized spacial score (nSPS) is 17.7. The number of amides is 1. The number of carboxylic acids is 1. The van der Waals surface area contributed by atoms with Crippen LogP contribution in [0.3, 0.4) is 0 Å². The van der Waals surface area contributed by atoms with E-state index in [4.69, 9.17) is 9.84 Å². The third-order valence-corrected chi connectivity index (χ3v) is 4.00. The first-order chi connectivity index (χ1) is 11.6. The second-order valence-corrected chi connectivity index (χ2v) is 5.58. The third kappa shape index (κ3) is 3.28. The van der Waals surface area contributed by atoms with E-state index in [1.54, 1.807) is 4.68 Å². The maximum absolute atomic E-state index is 12.4. The van der Waals surface area contributed by atoms with Gasteiger partial charge in [-0.25, -0.2) is 9.48 Å². The van der Waals surface area contributed by atoms with Gasteiger partial charge in [-0.05, 0) is 19.1 Å². The number of benzene rings is 1. The standard InChI is InChI=1S/C16H18N4O4/c1-11-13(17-18-20(11)12-5-3-2-4-6-12)9-15(21)19-7-8-24-14(10-19)16(22)23/h2-6,14H,7-10H2,1H3,(H,22,23)/t14-/m1/s1. The molecule has 0 spiro atoms. The van der Waals surface area contributed by atoms with Gasteiger partial charge in [-0.1, -0.05) is 23.4 Å². The molecule has 1 aliphatic rings. The average Bonchev–Trinajstić information content (AvgIpc) is 2.96. The fourth-order valence-corrected chi connectivity index (χ4v) is 2.62. The summed E-state index contributed by atoms with van der Waals surface area (Å²) in [6.07, 6.45) is -0.880. The number of nitrogens with zero attached hydrogens (tertiary/aromatic N) is 4. The Balaban J connectivity index is 1.71. The lowest BCUT2D eigenvalue weighted by Gasteiger charge is -2.30. The molecule has 126 valence electrons. The van der Waals surface area contributed by atoms with Crippen molar-refractivity contribution in [2.24, 2.45) is 0 Å². The van der Waals surface area contributed by atoms with Crippen molar-refractivity contribution in [2.75, 3.05) is 19.7 Å². The van der Waals surface area contributed by atoms with Crippen LogP contribution < -0.4 is 0 Å². The number of para-hydroxylation sites is 1. The van der Waals surface area contributed by atoms with E-state index >= 15 is 0 Å². The number of ether oxygens (including phenoxy) is 1. The number of rotatable bonds is 4. The van der Waals surface area contributed by atoms with Crippen LogP contribution in [0.5, 0.6) is 0 Å². The largest absolute Gasteiger partial charge is 0.479 e. The Kier molecular flexibility index (Phi) is 4.57. The van der Waals surface area contributed by atoms with Crippen LogP contribution in [-0.4, -0.2) is 62.7 Å². The zero-order chi connectivity index (χ0) is 17.1. The predicted octanol–water partition coefficient (Wildman–Crippen LogP) is 0.430. The molecule has 2 heterocycles. The Bertz CT molecular complexity index is 744. The smallest absolute Gasteiger partial charge is 0.334 e. The number of carbonyl (C=O) groups excluding carboxylic acids is 1. The highest BCUT2D eigenvalue weighted by atomic mass is 16.5. The van der Waals surface area contributed by atoms with Crippen molar-refractivity contribution in [1.82, 2.24) is 19.9 Å². The van der Waals surface area contributed by atoms with E-state index in [-0.39, 0.29) is 25.5 Å². The van der Waals surface area contributed by atoms with Crippen LogP contribution in [0.4, 0.5) is 0 Å². The van der Waals surface area contributed by atoms with E-state index in [9.17, 15) is 9.59 Å². The summed E-state index contributed by atoms with van der Waals surface area (Å²) in [6, 6.07) is 9.54. The van der Waals surface area contributed by atoms with Crippen LogP contribution in [-0.2, 0) is 20.7 Å². The first kappa shape index (κ1) is 16.1. The number of hydrogen-bond acceptors (Lipinski definition) is 5. The van der Waals surface area contributed by atoms with Crippen LogP contribution in [0.1, 0.15) is 11.4 Å². The summed E-state index contributed by atoms with van der Waals surface area (Å²) in [5.74, 6) is -1.23. The van der Waals surface area contributed by atoms with E-state index in [1.165, 1.54) is 4.90 Å². The SMILES string of the molecule is Cc1c(CC(=O)N2CCO[C@@H](C(=O)O)C2)nnn1-c1ccccc1. The molecule has 3 rings (SSSR count). The van der Waals surface area contributed by atoms with Gasteiger partial charge < -0.3 is 14.7 Å². The van der Waals surface area contributed by atoms with E-state index in [0.717, 1.165) is 11.4 Å². The van der Waals surface area contributed by atoms with Gasteiger partial charge in [-0.2, -0.15) is 0 Å². The van der Waals surface area contributed by atoms with Crippen molar-refractivity contribution >= 4 is 11.9 Å². The predicted molar refractivity (Wildman–Crippen MR) is 83.8 cm³/mol. The number of aromatic nitrogens is 3. The lowest BCUT2D eigenvalue weighted by atomic mass is 10.2. The van der Waals surface area contributed by atoms with E-state index < -0.39 is 12.1 Å². The summed E-state index contributed by atoms with van der Waals surface area (Å²) in [5, 5.41) is 17.2. The van der Waals surface area contributed by atoms with Gasteiger partial charge in [0.15, 0.2) is 6.10 Å². The zero-order valence-corrected chi connectivity index (χ0v) is 13.3. The summed E-state index contributed by atoms with van der Waals surface area (Å²) in [7, 11) is 0. The minimum atomic E-state index is -1.06. The molecule has 0 aliphatic carbocycles. The van der Waals surface area contributed by atoms with Crippen LogP contribution in [0.25, 0.3) is 5.69 Å². The number of carbonyl (C=O) groups is 2. The van der Waals surface area contributed by atoms with Gasteiger partial charge in [-0.3, -0.25) is 4.79 Å². The maximum Gasteiger partial charge on any atom is 0.334 e. The van der Waals surface area contributed by atoms with Crippen LogP contribution in [0, 0.1) is 6.92 Å². The van der Waals surface area contributed by atoms with E-state index in [2.05, 4.69) is 10.3 Å². The topological polar surface area (TPSA) is 97.6 Å². The minimum Gasteiger partial charge on any atom is -0.479 e.